The van der Waals surface area contributed by atoms with E-state index < -0.39 is 35.2 Å². The minimum atomic E-state index is -0.899. The maximum Gasteiger partial charge on any atom is 0.233 e. The predicted octanol–water partition coefficient (Wildman–Crippen LogP) is 3.91. The quantitative estimate of drug-likeness (QED) is 0.354. The normalized spacial score (nSPS) is 26.3. The fourth-order valence-electron chi connectivity index (χ4n) is 6.67. The third kappa shape index (κ3) is 3.85. The van der Waals surface area contributed by atoms with Crippen LogP contribution in [-0.2, 0) is 25.6 Å². The van der Waals surface area contributed by atoms with E-state index >= 15 is 0 Å². The maximum absolute atomic E-state index is 14.5. The number of likely N-dealkylation sites (tertiary alicyclic amines) is 1. The van der Waals surface area contributed by atoms with Crippen LogP contribution >= 0.6 is 0 Å². The molecule has 3 aliphatic carbocycles. The van der Waals surface area contributed by atoms with Crippen molar-refractivity contribution in [3.63, 3.8) is 0 Å². The third-order valence-electron chi connectivity index (χ3n) is 8.55. The first kappa shape index (κ1) is 25.0. The molecule has 4 unspecified atom stereocenters. The van der Waals surface area contributed by atoms with E-state index in [9.17, 15) is 33.8 Å². The monoisotopic (exact) mass is 527 g/mol. The number of Topliss-reactive ketones (excluding diaryl/α,β-unsaturated/α-hetero) is 1. The van der Waals surface area contributed by atoms with Crippen LogP contribution in [-0.4, -0.2) is 45.0 Å². The fourth-order valence-corrected chi connectivity index (χ4v) is 6.67. The lowest BCUT2D eigenvalue weighted by Gasteiger charge is -2.42. The second kappa shape index (κ2) is 9.15. The number of fused-ring (bicyclic) bond motifs is 3. The van der Waals surface area contributed by atoms with E-state index in [1.807, 2.05) is 6.08 Å². The van der Waals surface area contributed by atoms with Gasteiger partial charge in [0.25, 0.3) is 0 Å². The molecule has 4 atom stereocenters. The molecule has 39 heavy (non-hydrogen) atoms. The second-order valence-corrected chi connectivity index (χ2v) is 10.7. The van der Waals surface area contributed by atoms with Crippen LogP contribution in [0.25, 0.3) is 0 Å². The Kier molecular flexibility index (Phi) is 5.86. The molecular formula is C31H26FNO6. The Morgan fingerprint density at radius 2 is 1.72 bits per heavy atom. The topological polar surface area (TPSA) is 112 Å². The summed E-state index contributed by atoms with van der Waals surface area (Å²) in [6.45, 7) is 1.73. The molecular weight excluding hydrogens is 501 g/mol. The Morgan fingerprint density at radius 3 is 2.46 bits per heavy atom. The zero-order valence-corrected chi connectivity index (χ0v) is 21.2. The maximum atomic E-state index is 14.5. The van der Waals surface area contributed by atoms with E-state index in [1.165, 1.54) is 23.1 Å². The van der Waals surface area contributed by atoms with E-state index in [0.717, 1.165) is 11.6 Å². The van der Waals surface area contributed by atoms with Gasteiger partial charge in [-0.1, -0.05) is 35.9 Å². The van der Waals surface area contributed by atoms with E-state index in [1.54, 1.807) is 31.2 Å². The smallest absolute Gasteiger partial charge is 0.233 e. The number of benzene rings is 2. The minimum Gasteiger partial charge on any atom is -0.508 e. The molecule has 0 saturated carbocycles. The molecule has 0 bridgehead atoms. The molecule has 6 rings (SSSR count). The number of imide groups is 1. The number of hydrogen-bond donors (Lipinski definition) is 2. The number of halogens is 1. The highest BCUT2D eigenvalue weighted by atomic mass is 19.1. The number of rotatable bonds is 4. The number of carbonyl (C=O) groups excluding carboxylic acids is 4. The first-order valence-corrected chi connectivity index (χ1v) is 13.0. The van der Waals surface area contributed by atoms with Gasteiger partial charge in [-0.2, -0.15) is 0 Å². The number of nitrogens with zero attached hydrogens (tertiary/aromatic N) is 1. The lowest BCUT2D eigenvalue weighted by atomic mass is 9.59. The van der Waals surface area contributed by atoms with E-state index in [2.05, 4.69) is 0 Å². The van der Waals surface area contributed by atoms with Gasteiger partial charge in [-0.15, -0.1) is 0 Å². The van der Waals surface area contributed by atoms with Crippen molar-refractivity contribution in [1.29, 1.82) is 0 Å². The molecule has 4 aliphatic rings. The number of hydrogen-bond acceptors (Lipinski definition) is 6. The van der Waals surface area contributed by atoms with Crippen LogP contribution in [0.2, 0.25) is 0 Å². The molecule has 2 N–H and O–H groups in total. The van der Waals surface area contributed by atoms with Gasteiger partial charge in [-0.25, -0.2) is 4.39 Å². The number of para-hydroxylation sites is 1. The van der Waals surface area contributed by atoms with Gasteiger partial charge in [0, 0.05) is 34.7 Å². The third-order valence-corrected chi connectivity index (χ3v) is 8.55. The number of allylic oxidation sites excluding steroid dienone is 6. The summed E-state index contributed by atoms with van der Waals surface area (Å²) in [7, 11) is 0. The molecule has 2 amide bonds. The summed E-state index contributed by atoms with van der Waals surface area (Å²) < 4.78 is 14.5. The first-order valence-electron chi connectivity index (χ1n) is 13.0. The van der Waals surface area contributed by atoms with Crippen molar-refractivity contribution in [2.45, 2.75) is 32.1 Å². The SMILES string of the molecule is CC1=CC(=O)C2=C(C1=O)C(c1cccc(F)c1O)C1=CCC3C(=O)N(CCc4ccc(O)cc4)C(=O)C3C1C2. The number of phenols is 2. The largest absolute Gasteiger partial charge is 0.508 e. The van der Waals surface area contributed by atoms with Crippen LogP contribution in [0.1, 0.15) is 36.8 Å². The second-order valence-electron chi connectivity index (χ2n) is 10.7. The highest BCUT2D eigenvalue weighted by molar-refractivity contribution is 6.24. The molecule has 0 radical (unpaired) electrons. The van der Waals surface area contributed by atoms with Crippen molar-refractivity contribution in [3.8, 4) is 11.5 Å². The highest BCUT2D eigenvalue weighted by Gasteiger charge is 2.56. The Balaban J connectivity index is 1.39. The number of carbonyl (C=O) groups is 4. The van der Waals surface area contributed by atoms with Gasteiger partial charge in [0.1, 0.15) is 5.75 Å². The molecule has 2 aromatic carbocycles. The molecule has 1 aliphatic heterocycles. The molecule has 1 heterocycles. The van der Waals surface area contributed by atoms with Gasteiger partial charge in [0.15, 0.2) is 23.1 Å². The number of phenolic OH excluding ortho intramolecular Hbond substituents is 2. The average Bonchev–Trinajstić information content (AvgIpc) is 3.16. The Morgan fingerprint density at radius 1 is 0.974 bits per heavy atom. The zero-order chi connectivity index (χ0) is 27.6. The molecule has 7 nitrogen and oxygen atoms in total. The van der Waals surface area contributed by atoms with Crippen LogP contribution in [0.15, 0.2) is 76.9 Å². The summed E-state index contributed by atoms with van der Waals surface area (Å²) in [6, 6.07) is 10.6. The molecule has 0 spiro atoms. The summed E-state index contributed by atoms with van der Waals surface area (Å²) in [5, 5.41) is 20.2. The lowest BCUT2D eigenvalue weighted by Crippen LogP contribution is -2.40. The molecule has 1 fully saturated rings. The van der Waals surface area contributed by atoms with Crippen molar-refractivity contribution in [2.75, 3.05) is 6.54 Å². The predicted molar refractivity (Wildman–Crippen MR) is 138 cm³/mol. The Hall–Kier alpha value is -4.33. The van der Waals surface area contributed by atoms with Gasteiger partial charge in [0.05, 0.1) is 11.8 Å². The average molecular weight is 528 g/mol. The van der Waals surface area contributed by atoms with Crippen LogP contribution in [0.5, 0.6) is 11.5 Å². The van der Waals surface area contributed by atoms with Gasteiger partial charge < -0.3 is 10.2 Å². The number of aromatic hydroxyl groups is 2. The number of amides is 2. The lowest BCUT2D eigenvalue weighted by molar-refractivity contribution is -0.140. The zero-order valence-electron chi connectivity index (χ0n) is 21.2. The molecule has 2 aromatic rings. The highest BCUT2D eigenvalue weighted by Crippen LogP contribution is 2.56. The van der Waals surface area contributed by atoms with E-state index in [-0.39, 0.29) is 70.8 Å². The fraction of sp³-hybridized carbons (Fsp3) is 0.290. The van der Waals surface area contributed by atoms with Crippen molar-refractivity contribution in [2.24, 2.45) is 17.8 Å². The van der Waals surface area contributed by atoms with Crippen LogP contribution in [0, 0.1) is 23.6 Å². The summed E-state index contributed by atoms with van der Waals surface area (Å²) >= 11 is 0. The summed E-state index contributed by atoms with van der Waals surface area (Å²) in [6.07, 6.45) is 3.93. The Labute approximate surface area is 223 Å². The van der Waals surface area contributed by atoms with Crippen molar-refractivity contribution >= 4 is 23.4 Å². The van der Waals surface area contributed by atoms with Crippen molar-refractivity contribution < 1.29 is 33.8 Å². The minimum absolute atomic E-state index is 0.119. The summed E-state index contributed by atoms with van der Waals surface area (Å²) in [4.78, 5) is 54.9. The van der Waals surface area contributed by atoms with Crippen LogP contribution < -0.4 is 0 Å². The van der Waals surface area contributed by atoms with Crippen LogP contribution in [0.4, 0.5) is 4.39 Å². The molecule has 0 aromatic heterocycles. The molecule has 1 saturated heterocycles. The van der Waals surface area contributed by atoms with Gasteiger partial charge >= 0.3 is 0 Å². The van der Waals surface area contributed by atoms with Crippen LogP contribution in [0.3, 0.4) is 0 Å². The van der Waals surface area contributed by atoms with Crippen molar-refractivity contribution in [1.82, 2.24) is 4.90 Å². The van der Waals surface area contributed by atoms with Crippen molar-refractivity contribution in [3.05, 3.63) is 93.9 Å². The van der Waals surface area contributed by atoms with E-state index in [4.69, 9.17) is 0 Å². The van der Waals surface area contributed by atoms with Gasteiger partial charge in [0.2, 0.25) is 11.8 Å². The summed E-state index contributed by atoms with van der Waals surface area (Å²) in [5.74, 6) is -5.37. The molecule has 198 valence electrons. The van der Waals surface area contributed by atoms with Gasteiger partial charge in [-0.05, 0) is 61.9 Å². The van der Waals surface area contributed by atoms with Gasteiger partial charge in [-0.3, -0.25) is 24.1 Å². The van der Waals surface area contributed by atoms with E-state index in [0.29, 0.717) is 12.0 Å². The molecule has 8 heteroatoms. The summed E-state index contributed by atoms with van der Waals surface area (Å²) in [5.41, 5.74) is 2.42. The standard InChI is InChI=1S/C31H26FNO6/c1-15-13-24(35)22-14-21-18(25(27(22)28(15)36)19-3-2-4-23(32)29(19)37)9-10-20-26(21)31(39)33(30(20)38)12-11-16-5-7-17(34)8-6-16/h2-9,13,20-21,25-26,34,37H,10-12,14H2,1H3. The number of ketones is 2. The Bertz CT molecular complexity index is 1550. The first-order chi connectivity index (χ1) is 18.7.